The lowest BCUT2D eigenvalue weighted by molar-refractivity contribution is -0.113. The van der Waals surface area contributed by atoms with E-state index in [0.29, 0.717) is 5.13 Å². The van der Waals surface area contributed by atoms with E-state index >= 15 is 0 Å². The minimum atomic E-state index is -0.135. The number of carbonyl (C=O) groups is 1. The van der Waals surface area contributed by atoms with Gasteiger partial charge in [0, 0.05) is 12.1 Å². The van der Waals surface area contributed by atoms with Crippen LogP contribution in [0.1, 0.15) is 17.5 Å². The predicted octanol–water partition coefficient (Wildman–Crippen LogP) is 3.16. The maximum Gasteiger partial charge on any atom is 0.236 e. The number of thioether (sulfide) groups is 1. The number of nitrogens with one attached hydrogen (secondary N) is 1. The summed E-state index contributed by atoms with van der Waals surface area (Å²) in [7, 11) is 0. The van der Waals surface area contributed by atoms with Crippen molar-refractivity contribution in [3.63, 3.8) is 0 Å². The van der Waals surface area contributed by atoms with E-state index in [2.05, 4.69) is 31.8 Å². The molecule has 3 rings (SSSR count). The van der Waals surface area contributed by atoms with Crippen molar-refractivity contribution in [1.82, 2.24) is 25.0 Å². The number of amides is 1. The molecule has 0 aliphatic carbocycles. The lowest BCUT2D eigenvalue weighted by Gasteiger charge is -2.07. The second-order valence-corrected chi connectivity index (χ2v) is 7.51. The molecule has 0 aliphatic rings. The minimum absolute atomic E-state index is 0.135. The molecule has 0 aliphatic heterocycles. The average molecular weight is 374 g/mol. The molecule has 0 saturated heterocycles. The van der Waals surface area contributed by atoms with Crippen LogP contribution in [0.4, 0.5) is 5.13 Å². The molecule has 1 aromatic carbocycles. The van der Waals surface area contributed by atoms with Crippen LogP contribution in [0, 0.1) is 13.8 Å². The Labute approximate surface area is 153 Å². The van der Waals surface area contributed by atoms with Crippen LogP contribution in [-0.2, 0) is 11.3 Å². The van der Waals surface area contributed by atoms with Gasteiger partial charge in [-0.3, -0.25) is 10.1 Å². The van der Waals surface area contributed by atoms with Gasteiger partial charge in [0.25, 0.3) is 0 Å². The highest BCUT2D eigenvalue weighted by Gasteiger charge is 2.15. The minimum Gasteiger partial charge on any atom is -0.302 e. The maximum atomic E-state index is 12.1. The molecule has 0 spiro atoms. The summed E-state index contributed by atoms with van der Waals surface area (Å²) in [6, 6.07) is 8.15. The molecular formula is C16H18N6OS2. The summed E-state index contributed by atoms with van der Waals surface area (Å²) in [5.41, 5.74) is 2.19. The van der Waals surface area contributed by atoms with Crippen LogP contribution in [0.5, 0.6) is 0 Å². The van der Waals surface area contributed by atoms with E-state index in [-0.39, 0.29) is 11.7 Å². The molecule has 0 atom stereocenters. The number of aryl methyl sites for hydroxylation is 2. The first-order valence-corrected chi connectivity index (χ1v) is 9.60. The standard InChI is InChI=1S/C16H18N6OS2/c1-4-22-14(12-7-5-6-10(2)8-12)19-21-16(22)24-9-13(23)17-15-20-18-11(3)25-15/h5-8H,4,9H2,1-3H3,(H,17,20,23). The van der Waals surface area contributed by atoms with Crippen molar-refractivity contribution in [3.8, 4) is 11.4 Å². The van der Waals surface area contributed by atoms with Crippen molar-refractivity contribution in [1.29, 1.82) is 0 Å². The molecule has 1 amide bonds. The van der Waals surface area contributed by atoms with E-state index in [1.807, 2.05) is 43.5 Å². The van der Waals surface area contributed by atoms with Gasteiger partial charge in [-0.2, -0.15) is 0 Å². The number of anilines is 1. The van der Waals surface area contributed by atoms with Crippen molar-refractivity contribution < 1.29 is 4.79 Å². The topological polar surface area (TPSA) is 85.6 Å². The number of benzene rings is 1. The second-order valence-electron chi connectivity index (χ2n) is 5.38. The molecule has 0 saturated carbocycles. The van der Waals surface area contributed by atoms with Gasteiger partial charge in [-0.15, -0.1) is 20.4 Å². The summed E-state index contributed by atoms with van der Waals surface area (Å²) in [6.45, 7) is 6.66. The van der Waals surface area contributed by atoms with Crippen LogP contribution in [-0.4, -0.2) is 36.6 Å². The van der Waals surface area contributed by atoms with Crippen molar-refractivity contribution >= 4 is 34.1 Å². The summed E-state index contributed by atoms with van der Waals surface area (Å²) in [5, 5.41) is 21.1. The predicted molar refractivity (Wildman–Crippen MR) is 99.9 cm³/mol. The van der Waals surface area contributed by atoms with Crippen molar-refractivity contribution in [2.75, 3.05) is 11.1 Å². The van der Waals surface area contributed by atoms with Crippen molar-refractivity contribution in [3.05, 3.63) is 34.8 Å². The third kappa shape index (κ3) is 4.23. The third-order valence-electron chi connectivity index (χ3n) is 3.41. The molecule has 9 heteroatoms. The van der Waals surface area contributed by atoms with E-state index in [1.54, 1.807) is 0 Å². The zero-order valence-electron chi connectivity index (χ0n) is 14.2. The Balaban J connectivity index is 1.69. The number of rotatable bonds is 6. The number of hydrogen-bond donors (Lipinski definition) is 1. The number of aromatic nitrogens is 5. The number of nitrogens with zero attached hydrogens (tertiary/aromatic N) is 5. The van der Waals surface area contributed by atoms with Crippen LogP contribution in [0.15, 0.2) is 29.4 Å². The SMILES string of the molecule is CCn1c(SCC(=O)Nc2nnc(C)s2)nnc1-c1cccc(C)c1. The van der Waals surface area contributed by atoms with E-state index < -0.39 is 0 Å². The largest absolute Gasteiger partial charge is 0.302 e. The Morgan fingerprint density at radius 1 is 1.24 bits per heavy atom. The quantitative estimate of drug-likeness (QED) is 0.667. The lowest BCUT2D eigenvalue weighted by Crippen LogP contribution is -2.14. The molecular weight excluding hydrogens is 356 g/mol. The fraction of sp³-hybridized carbons (Fsp3) is 0.312. The van der Waals surface area contributed by atoms with Crippen LogP contribution < -0.4 is 5.32 Å². The van der Waals surface area contributed by atoms with E-state index in [9.17, 15) is 4.79 Å². The highest BCUT2D eigenvalue weighted by Crippen LogP contribution is 2.24. The molecule has 0 bridgehead atoms. The molecule has 0 unspecified atom stereocenters. The summed E-state index contributed by atoms with van der Waals surface area (Å²) < 4.78 is 2.02. The zero-order valence-corrected chi connectivity index (χ0v) is 15.8. The Morgan fingerprint density at radius 3 is 2.76 bits per heavy atom. The van der Waals surface area contributed by atoms with E-state index in [0.717, 1.165) is 28.1 Å². The zero-order chi connectivity index (χ0) is 17.8. The van der Waals surface area contributed by atoms with Gasteiger partial charge in [0.05, 0.1) is 5.75 Å². The molecule has 7 nitrogen and oxygen atoms in total. The fourth-order valence-corrected chi connectivity index (χ4v) is 3.72. The first-order valence-electron chi connectivity index (χ1n) is 7.80. The molecule has 2 aromatic heterocycles. The van der Waals surface area contributed by atoms with Gasteiger partial charge in [-0.25, -0.2) is 0 Å². The monoisotopic (exact) mass is 374 g/mol. The highest BCUT2D eigenvalue weighted by molar-refractivity contribution is 7.99. The van der Waals surface area contributed by atoms with Crippen LogP contribution in [0.25, 0.3) is 11.4 Å². The first-order chi connectivity index (χ1) is 12.1. The summed E-state index contributed by atoms with van der Waals surface area (Å²) in [5.74, 6) is 0.919. The highest BCUT2D eigenvalue weighted by atomic mass is 32.2. The molecule has 25 heavy (non-hydrogen) atoms. The lowest BCUT2D eigenvalue weighted by atomic mass is 10.1. The Bertz CT molecular complexity index is 888. The van der Waals surface area contributed by atoms with Crippen molar-refractivity contribution in [2.45, 2.75) is 32.5 Å². The van der Waals surface area contributed by atoms with Gasteiger partial charge in [0.15, 0.2) is 11.0 Å². The number of hydrogen-bond acceptors (Lipinski definition) is 7. The summed E-state index contributed by atoms with van der Waals surface area (Å²) in [4.78, 5) is 12.1. The molecule has 0 fully saturated rings. The maximum absolute atomic E-state index is 12.1. The average Bonchev–Trinajstić information content (AvgIpc) is 3.18. The van der Waals surface area contributed by atoms with Crippen LogP contribution in [0.2, 0.25) is 0 Å². The normalized spacial score (nSPS) is 10.8. The smallest absolute Gasteiger partial charge is 0.236 e. The van der Waals surface area contributed by atoms with Gasteiger partial charge in [-0.1, -0.05) is 46.9 Å². The number of carbonyl (C=O) groups excluding carboxylic acids is 1. The molecule has 130 valence electrons. The van der Waals surface area contributed by atoms with Gasteiger partial charge >= 0.3 is 0 Å². The van der Waals surface area contributed by atoms with Gasteiger partial charge in [-0.05, 0) is 26.8 Å². The molecule has 2 heterocycles. The Hall–Kier alpha value is -2.26. The van der Waals surface area contributed by atoms with Crippen LogP contribution in [0.3, 0.4) is 0 Å². The fourth-order valence-electron chi connectivity index (χ4n) is 2.31. The summed E-state index contributed by atoms with van der Waals surface area (Å²) in [6.07, 6.45) is 0. The van der Waals surface area contributed by atoms with Gasteiger partial charge < -0.3 is 4.57 Å². The van der Waals surface area contributed by atoms with E-state index in [1.165, 1.54) is 28.7 Å². The molecule has 3 aromatic rings. The van der Waals surface area contributed by atoms with Crippen molar-refractivity contribution in [2.24, 2.45) is 0 Å². The Kier molecular flexibility index (Phi) is 5.44. The van der Waals surface area contributed by atoms with E-state index in [4.69, 9.17) is 0 Å². The second kappa shape index (κ2) is 7.75. The third-order valence-corrected chi connectivity index (χ3v) is 5.13. The van der Waals surface area contributed by atoms with Gasteiger partial charge in [0.2, 0.25) is 11.0 Å². The molecule has 0 radical (unpaired) electrons. The Morgan fingerprint density at radius 2 is 2.08 bits per heavy atom. The molecule has 1 N–H and O–H groups in total. The first kappa shape index (κ1) is 17.6. The summed E-state index contributed by atoms with van der Waals surface area (Å²) >= 11 is 2.71. The van der Waals surface area contributed by atoms with Crippen LogP contribution >= 0.6 is 23.1 Å². The van der Waals surface area contributed by atoms with Gasteiger partial charge in [0.1, 0.15) is 5.01 Å².